The molecule has 54 heavy (non-hydrogen) atoms. The van der Waals surface area contributed by atoms with E-state index in [4.69, 9.17) is 52.4 Å². The third-order valence-corrected chi connectivity index (χ3v) is 9.30. The Bertz CT molecular complexity index is 1790. The van der Waals surface area contributed by atoms with E-state index in [0.29, 0.717) is 35.7 Å². The number of aryl methyl sites for hydroxylation is 1. The minimum absolute atomic E-state index is 0.0688. The first kappa shape index (κ1) is 42.1. The highest BCUT2D eigenvalue weighted by Crippen LogP contribution is 2.34. The van der Waals surface area contributed by atoms with Gasteiger partial charge in [0.2, 0.25) is 23.5 Å². The molecule has 0 saturated carbocycles. The Kier molecular flexibility index (Phi) is 15.7. The summed E-state index contributed by atoms with van der Waals surface area (Å²) in [6, 6.07) is 15.3. The van der Waals surface area contributed by atoms with Crippen LogP contribution in [0.4, 0.5) is 0 Å². The number of hydrogen-bond donors (Lipinski definition) is 5. The molecule has 15 heteroatoms. The highest BCUT2D eigenvalue weighted by molar-refractivity contribution is 6.32. The summed E-state index contributed by atoms with van der Waals surface area (Å²) in [5.74, 6) is -1.10. The van der Waals surface area contributed by atoms with Crippen LogP contribution in [-0.4, -0.2) is 75.3 Å². The molecule has 0 radical (unpaired) electrons. The summed E-state index contributed by atoms with van der Waals surface area (Å²) in [5.41, 5.74) is 7.22. The number of halogens is 2. The van der Waals surface area contributed by atoms with Gasteiger partial charge in [-0.2, -0.15) is 9.97 Å². The largest absolute Gasteiger partial charge is 0.481 e. The van der Waals surface area contributed by atoms with Crippen LogP contribution in [0.5, 0.6) is 23.5 Å². The van der Waals surface area contributed by atoms with E-state index in [2.05, 4.69) is 15.3 Å². The van der Waals surface area contributed by atoms with Gasteiger partial charge in [0.25, 0.3) is 0 Å². The second-order valence-corrected chi connectivity index (χ2v) is 13.5. The first-order valence-electron chi connectivity index (χ1n) is 17.2. The van der Waals surface area contributed by atoms with E-state index in [0.717, 1.165) is 38.9 Å². The van der Waals surface area contributed by atoms with Crippen molar-refractivity contribution in [2.24, 2.45) is 0 Å². The standard InChI is InChI=1S/C39H45Cl2N3O10/c1-22-25(20-53-38-32(40)14-24(36(43-38)51-3)8-5-11-28(45)16-34(47)48)9-6-12-30(22)31-13-7-10-26(23(31)2)21-54-39-33(41)15-27(37(44-39)52-4)18-42-19-29(46)17-35(49)50/h6-7,9-10,12-15,28-29,42,45-46H,5,8,11,16-21H2,1-4H3,(H,47,48)(H,49,50)/t28-,29+/m1/s1. The molecule has 0 aliphatic rings. The first-order valence-corrected chi connectivity index (χ1v) is 18.0. The van der Waals surface area contributed by atoms with Gasteiger partial charge in [-0.25, -0.2) is 0 Å². The molecule has 4 rings (SSSR count). The van der Waals surface area contributed by atoms with Crippen molar-refractivity contribution in [3.8, 4) is 34.6 Å². The first-order chi connectivity index (χ1) is 25.8. The molecule has 0 spiro atoms. The normalized spacial score (nSPS) is 12.2. The molecule has 0 fully saturated rings. The Morgan fingerprint density at radius 3 is 1.70 bits per heavy atom. The second-order valence-electron chi connectivity index (χ2n) is 12.7. The lowest BCUT2D eigenvalue weighted by molar-refractivity contribution is -0.140. The minimum atomic E-state index is -1.09. The van der Waals surface area contributed by atoms with Crippen LogP contribution < -0.4 is 24.3 Å². The summed E-state index contributed by atoms with van der Waals surface area (Å²) in [6.45, 7) is 4.73. The van der Waals surface area contributed by atoms with Crippen molar-refractivity contribution in [3.63, 3.8) is 0 Å². The number of hydrogen-bond acceptors (Lipinski definition) is 11. The third kappa shape index (κ3) is 11.7. The van der Waals surface area contributed by atoms with Gasteiger partial charge < -0.3 is 44.7 Å². The topological polar surface area (TPSA) is 190 Å². The fraction of sp³-hybridized carbons (Fsp3) is 0.385. The lowest BCUT2D eigenvalue weighted by atomic mass is 9.92. The van der Waals surface area contributed by atoms with E-state index in [9.17, 15) is 19.8 Å². The van der Waals surface area contributed by atoms with Crippen LogP contribution in [0.15, 0.2) is 48.5 Å². The number of carbonyl (C=O) groups is 2. The Morgan fingerprint density at radius 1 is 0.722 bits per heavy atom. The van der Waals surface area contributed by atoms with Crippen LogP contribution in [-0.2, 0) is 35.8 Å². The Hall–Kier alpha value is -4.66. The molecule has 2 aromatic heterocycles. The molecule has 0 aliphatic heterocycles. The summed E-state index contributed by atoms with van der Waals surface area (Å²) in [6.07, 6.45) is -1.31. The van der Waals surface area contributed by atoms with E-state index in [1.807, 2.05) is 50.2 Å². The van der Waals surface area contributed by atoms with Crippen molar-refractivity contribution in [1.82, 2.24) is 15.3 Å². The van der Waals surface area contributed by atoms with Crippen LogP contribution in [0.3, 0.4) is 0 Å². The van der Waals surface area contributed by atoms with Crippen molar-refractivity contribution >= 4 is 35.1 Å². The van der Waals surface area contributed by atoms with Crippen molar-refractivity contribution in [1.29, 1.82) is 0 Å². The van der Waals surface area contributed by atoms with Gasteiger partial charge in [0, 0.05) is 24.2 Å². The van der Waals surface area contributed by atoms with Crippen LogP contribution >= 0.6 is 23.2 Å². The number of carboxylic acids is 2. The monoisotopic (exact) mass is 785 g/mol. The zero-order valence-corrected chi connectivity index (χ0v) is 32.0. The molecular formula is C39H45Cl2N3O10. The van der Waals surface area contributed by atoms with Gasteiger partial charge in [0.1, 0.15) is 23.3 Å². The van der Waals surface area contributed by atoms with Gasteiger partial charge in [-0.3, -0.25) is 9.59 Å². The number of aliphatic hydroxyl groups excluding tert-OH is 2. The lowest BCUT2D eigenvalue weighted by Gasteiger charge is -2.18. The van der Waals surface area contributed by atoms with Gasteiger partial charge in [-0.1, -0.05) is 59.6 Å². The van der Waals surface area contributed by atoms with Crippen LogP contribution in [0.2, 0.25) is 10.0 Å². The number of aliphatic hydroxyl groups is 2. The molecule has 2 heterocycles. The van der Waals surface area contributed by atoms with Crippen molar-refractivity contribution in [2.75, 3.05) is 20.8 Å². The summed E-state index contributed by atoms with van der Waals surface area (Å²) in [4.78, 5) is 30.6. The Morgan fingerprint density at radius 2 is 1.20 bits per heavy atom. The minimum Gasteiger partial charge on any atom is -0.481 e. The molecule has 0 saturated heterocycles. The SMILES string of the molecule is COc1nc(OCc2cccc(-c3cccc(COc4nc(OC)c(CNC[C@@H](O)CC(=O)O)cc4Cl)c3C)c2C)c(Cl)cc1CCC[C@@H](O)CC(=O)O. The van der Waals surface area contributed by atoms with E-state index >= 15 is 0 Å². The molecule has 13 nitrogen and oxygen atoms in total. The predicted molar refractivity (Wildman–Crippen MR) is 203 cm³/mol. The number of methoxy groups -OCH3 is 2. The molecule has 2 atom stereocenters. The molecule has 290 valence electrons. The van der Waals surface area contributed by atoms with Crippen molar-refractivity contribution < 1.29 is 49.0 Å². The fourth-order valence-electron chi connectivity index (χ4n) is 5.88. The summed E-state index contributed by atoms with van der Waals surface area (Å²) < 4.78 is 23.1. The van der Waals surface area contributed by atoms with Crippen LogP contribution in [0.1, 0.15) is 59.1 Å². The molecule has 0 bridgehead atoms. The summed E-state index contributed by atoms with van der Waals surface area (Å²) in [7, 11) is 2.97. The quantitative estimate of drug-likeness (QED) is 0.0631. The van der Waals surface area contributed by atoms with E-state index in [1.54, 1.807) is 12.1 Å². The maximum absolute atomic E-state index is 10.8. The molecule has 0 amide bonds. The molecule has 0 unspecified atom stereocenters. The molecule has 0 aliphatic carbocycles. The predicted octanol–water partition coefficient (Wildman–Crippen LogP) is 6.33. The number of benzene rings is 2. The maximum Gasteiger partial charge on any atom is 0.306 e. The zero-order valence-electron chi connectivity index (χ0n) is 30.5. The highest BCUT2D eigenvalue weighted by atomic mass is 35.5. The maximum atomic E-state index is 10.8. The third-order valence-electron chi connectivity index (χ3n) is 8.76. The van der Waals surface area contributed by atoms with Gasteiger partial charge in [0.15, 0.2) is 0 Å². The van der Waals surface area contributed by atoms with E-state index in [-0.39, 0.29) is 61.8 Å². The Balaban J connectivity index is 1.43. The highest BCUT2D eigenvalue weighted by Gasteiger charge is 2.18. The average molecular weight is 787 g/mol. The number of rotatable bonds is 21. The van der Waals surface area contributed by atoms with Crippen LogP contribution in [0, 0.1) is 13.8 Å². The molecule has 5 N–H and O–H groups in total. The molecule has 4 aromatic rings. The van der Waals surface area contributed by atoms with E-state index in [1.165, 1.54) is 14.2 Å². The fourth-order valence-corrected chi connectivity index (χ4v) is 6.34. The number of nitrogens with zero attached hydrogens (tertiary/aromatic N) is 2. The van der Waals surface area contributed by atoms with Gasteiger partial charge in [-0.15, -0.1) is 0 Å². The number of aromatic nitrogens is 2. The smallest absolute Gasteiger partial charge is 0.306 e. The Labute approximate surface area is 323 Å². The van der Waals surface area contributed by atoms with Crippen molar-refractivity contribution in [2.45, 2.75) is 77.9 Å². The number of aliphatic carboxylic acids is 2. The lowest BCUT2D eigenvalue weighted by Crippen LogP contribution is -2.28. The van der Waals surface area contributed by atoms with E-state index < -0.39 is 24.1 Å². The zero-order chi connectivity index (χ0) is 39.4. The van der Waals surface area contributed by atoms with Gasteiger partial charge >= 0.3 is 11.9 Å². The number of nitrogens with one attached hydrogen (secondary N) is 1. The van der Waals surface area contributed by atoms with Gasteiger partial charge in [-0.05, 0) is 78.6 Å². The van der Waals surface area contributed by atoms with Crippen molar-refractivity contribution in [3.05, 3.63) is 92.0 Å². The second kappa shape index (κ2) is 20.1. The van der Waals surface area contributed by atoms with Crippen LogP contribution in [0.25, 0.3) is 11.1 Å². The van der Waals surface area contributed by atoms with Gasteiger partial charge in [0.05, 0.1) is 39.3 Å². The number of pyridine rings is 2. The molecular weight excluding hydrogens is 741 g/mol. The molecule has 2 aromatic carbocycles. The number of carboxylic acid groups (broad SMARTS) is 2. The average Bonchev–Trinajstić information content (AvgIpc) is 3.11. The summed E-state index contributed by atoms with van der Waals surface area (Å²) in [5, 5.41) is 41.0. The summed E-state index contributed by atoms with van der Waals surface area (Å²) >= 11 is 13.1. The number of ether oxygens (including phenoxy) is 4.